The van der Waals surface area contributed by atoms with Crippen LogP contribution >= 0.6 is 0 Å². The largest absolute Gasteiger partial charge is 0.327 e. The van der Waals surface area contributed by atoms with E-state index in [0.717, 1.165) is 30.4 Å². The van der Waals surface area contributed by atoms with Crippen LogP contribution in [0.2, 0.25) is 0 Å². The third kappa shape index (κ3) is 3.13. The lowest BCUT2D eigenvalue weighted by Gasteiger charge is -2.32. The highest BCUT2D eigenvalue weighted by Gasteiger charge is 2.23. The molecule has 0 radical (unpaired) electrons. The van der Waals surface area contributed by atoms with Crippen LogP contribution in [0.1, 0.15) is 45.9 Å². The van der Waals surface area contributed by atoms with Gasteiger partial charge in [-0.25, -0.2) is 4.98 Å². The Morgan fingerprint density at radius 3 is 2.57 bits per heavy atom. The number of aromatic nitrogens is 2. The fourth-order valence-corrected chi connectivity index (χ4v) is 3.96. The molecule has 0 saturated heterocycles. The quantitative estimate of drug-likeness (QED) is 0.921. The number of aryl methyl sites for hydroxylation is 1. The van der Waals surface area contributed by atoms with Gasteiger partial charge in [0.15, 0.2) is 0 Å². The molecule has 0 spiro atoms. The summed E-state index contributed by atoms with van der Waals surface area (Å²) in [7, 11) is 0. The highest BCUT2D eigenvalue weighted by Crippen LogP contribution is 2.28. The van der Waals surface area contributed by atoms with Crippen LogP contribution in [0.3, 0.4) is 0 Å². The van der Waals surface area contributed by atoms with E-state index in [2.05, 4.69) is 54.9 Å². The molecule has 21 heavy (non-hydrogen) atoms. The molecule has 2 aromatic rings. The molecule has 1 N–H and O–H groups in total. The van der Waals surface area contributed by atoms with Crippen LogP contribution in [-0.2, 0) is 13.1 Å². The van der Waals surface area contributed by atoms with Crippen LogP contribution in [0.25, 0.3) is 11.0 Å². The molecule has 3 heteroatoms. The first-order chi connectivity index (χ1) is 10.2. The molecule has 0 bridgehead atoms. The highest BCUT2D eigenvalue weighted by atomic mass is 15.1. The van der Waals surface area contributed by atoms with Gasteiger partial charge in [-0.05, 0) is 50.2 Å². The fraction of sp³-hybridized carbons (Fsp3) is 0.611. The molecule has 1 saturated carbocycles. The lowest BCUT2D eigenvalue weighted by Crippen LogP contribution is -2.36. The molecule has 2 atom stereocenters. The monoisotopic (exact) mass is 285 g/mol. The topological polar surface area (TPSA) is 29.9 Å². The number of nitrogens with one attached hydrogen (secondary N) is 1. The summed E-state index contributed by atoms with van der Waals surface area (Å²) in [5, 5.41) is 3.75. The van der Waals surface area contributed by atoms with Crippen molar-refractivity contribution in [3.05, 3.63) is 30.1 Å². The van der Waals surface area contributed by atoms with Crippen molar-refractivity contribution < 1.29 is 0 Å². The van der Waals surface area contributed by atoms with Gasteiger partial charge in [-0.2, -0.15) is 0 Å². The van der Waals surface area contributed by atoms with E-state index in [1.165, 1.54) is 30.6 Å². The van der Waals surface area contributed by atoms with E-state index in [4.69, 9.17) is 4.98 Å². The van der Waals surface area contributed by atoms with Gasteiger partial charge in [0.1, 0.15) is 5.82 Å². The van der Waals surface area contributed by atoms with Crippen LogP contribution in [0.4, 0.5) is 0 Å². The van der Waals surface area contributed by atoms with Gasteiger partial charge in [0, 0.05) is 12.6 Å². The molecular weight excluding hydrogens is 258 g/mol. The van der Waals surface area contributed by atoms with Crippen LogP contribution in [0, 0.1) is 11.8 Å². The van der Waals surface area contributed by atoms with E-state index in [-0.39, 0.29) is 0 Å². The molecule has 1 fully saturated rings. The van der Waals surface area contributed by atoms with Crippen LogP contribution in [-0.4, -0.2) is 15.6 Å². The maximum atomic E-state index is 4.81. The number of hydrogen-bond donors (Lipinski definition) is 1. The Morgan fingerprint density at radius 2 is 1.86 bits per heavy atom. The van der Waals surface area contributed by atoms with Crippen molar-refractivity contribution in [2.24, 2.45) is 11.8 Å². The summed E-state index contributed by atoms with van der Waals surface area (Å²) in [6.07, 6.45) is 3.99. The molecule has 1 aliphatic rings. The van der Waals surface area contributed by atoms with Gasteiger partial charge < -0.3 is 9.88 Å². The SMILES string of the molecule is CCn1c(CNC2CC(C)CC(C)C2)nc2ccccc21. The van der Waals surface area contributed by atoms with Gasteiger partial charge in [-0.3, -0.25) is 0 Å². The van der Waals surface area contributed by atoms with E-state index in [1.807, 2.05) is 0 Å². The lowest BCUT2D eigenvalue weighted by atomic mass is 9.80. The molecule has 2 unspecified atom stereocenters. The summed E-state index contributed by atoms with van der Waals surface area (Å²) >= 11 is 0. The van der Waals surface area contributed by atoms with Gasteiger partial charge in [-0.15, -0.1) is 0 Å². The summed E-state index contributed by atoms with van der Waals surface area (Å²) in [6, 6.07) is 9.08. The van der Waals surface area contributed by atoms with E-state index in [0.29, 0.717) is 6.04 Å². The minimum absolute atomic E-state index is 0.647. The average Bonchev–Trinajstić information content (AvgIpc) is 2.81. The number of benzene rings is 1. The molecule has 0 aliphatic heterocycles. The summed E-state index contributed by atoms with van der Waals surface area (Å²) in [4.78, 5) is 4.81. The predicted octanol–water partition coefficient (Wildman–Crippen LogP) is 3.97. The zero-order chi connectivity index (χ0) is 14.8. The maximum Gasteiger partial charge on any atom is 0.123 e. The molecule has 1 aliphatic carbocycles. The first-order valence-corrected chi connectivity index (χ1v) is 8.35. The Kier molecular flexibility index (Phi) is 4.29. The molecule has 0 amide bonds. The predicted molar refractivity (Wildman–Crippen MR) is 88.2 cm³/mol. The lowest BCUT2D eigenvalue weighted by molar-refractivity contribution is 0.237. The first-order valence-electron chi connectivity index (χ1n) is 8.35. The molecule has 1 aromatic heterocycles. The third-order valence-corrected chi connectivity index (χ3v) is 4.78. The number of rotatable bonds is 4. The van der Waals surface area contributed by atoms with E-state index in [9.17, 15) is 0 Å². The smallest absolute Gasteiger partial charge is 0.123 e. The molecule has 1 heterocycles. The second kappa shape index (κ2) is 6.18. The van der Waals surface area contributed by atoms with Gasteiger partial charge in [0.2, 0.25) is 0 Å². The fourth-order valence-electron chi connectivity index (χ4n) is 3.96. The first kappa shape index (κ1) is 14.6. The van der Waals surface area contributed by atoms with Crippen LogP contribution < -0.4 is 5.32 Å². The normalized spacial score (nSPS) is 26.3. The second-order valence-corrected chi connectivity index (χ2v) is 6.76. The Hall–Kier alpha value is -1.35. The van der Waals surface area contributed by atoms with Crippen LogP contribution in [0.15, 0.2) is 24.3 Å². The van der Waals surface area contributed by atoms with Gasteiger partial charge in [0.05, 0.1) is 17.6 Å². The number of fused-ring (bicyclic) bond motifs is 1. The molecular formula is C18H27N3. The minimum atomic E-state index is 0.647. The van der Waals surface area contributed by atoms with Crippen molar-refractivity contribution >= 4 is 11.0 Å². The summed E-state index contributed by atoms with van der Waals surface area (Å²) in [5.41, 5.74) is 2.36. The standard InChI is InChI=1S/C18H27N3/c1-4-21-17-8-6-5-7-16(17)20-18(21)12-19-15-10-13(2)9-14(3)11-15/h5-8,13-15,19H,4,9-12H2,1-3H3. The Labute approximate surface area is 127 Å². The summed E-state index contributed by atoms with van der Waals surface area (Å²) in [6.45, 7) is 8.82. The van der Waals surface area contributed by atoms with Gasteiger partial charge >= 0.3 is 0 Å². The highest BCUT2D eigenvalue weighted by molar-refractivity contribution is 5.75. The van der Waals surface area contributed by atoms with Crippen molar-refractivity contribution in [1.29, 1.82) is 0 Å². The van der Waals surface area contributed by atoms with Crippen molar-refractivity contribution in [2.45, 2.75) is 59.2 Å². The number of para-hydroxylation sites is 2. The average molecular weight is 285 g/mol. The summed E-state index contributed by atoms with van der Waals surface area (Å²) < 4.78 is 2.33. The number of nitrogens with zero attached hydrogens (tertiary/aromatic N) is 2. The van der Waals surface area contributed by atoms with Gasteiger partial charge in [0.25, 0.3) is 0 Å². The number of hydrogen-bond acceptors (Lipinski definition) is 2. The molecule has 114 valence electrons. The maximum absolute atomic E-state index is 4.81. The van der Waals surface area contributed by atoms with E-state index in [1.54, 1.807) is 0 Å². The second-order valence-electron chi connectivity index (χ2n) is 6.76. The van der Waals surface area contributed by atoms with Crippen molar-refractivity contribution in [3.8, 4) is 0 Å². The zero-order valence-electron chi connectivity index (χ0n) is 13.5. The molecule has 3 nitrogen and oxygen atoms in total. The molecule has 3 rings (SSSR count). The third-order valence-electron chi connectivity index (χ3n) is 4.78. The Morgan fingerprint density at radius 1 is 1.14 bits per heavy atom. The van der Waals surface area contributed by atoms with E-state index < -0.39 is 0 Å². The zero-order valence-corrected chi connectivity index (χ0v) is 13.5. The van der Waals surface area contributed by atoms with Crippen molar-refractivity contribution in [3.63, 3.8) is 0 Å². The number of imidazole rings is 1. The van der Waals surface area contributed by atoms with Crippen molar-refractivity contribution in [1.82, 2.24) is 14.9 Å². The van der Waals surface area contributed by atoms with Crippen LogP contribution in [0.5, 0.6) is 0 Å². The van der Waals surface area contributed by atoms with Crippen molar-refractivity contribution in [2.75, 3.05) is 0 Å². The molecule has 1 aromatic carbocycles. The summed E-state index contributed by atoms with van der Waals surface area (Å²) in [5.74, 6) is 2.86. The van der Waals surface area contributed by atoms with Gasteiger partial charge in [-0.1, -0.05) is 26.0 Å². The Balaban J connectivity index is 1.73. The minimum Gasteiger partial charge on any atom is -0.327 e. The van der Waals surface area contributed by atoms with E-state index >= 15 is 0 Å². The Bertz CT molecular complexity index is 592.